The third-order valence-corrected chi connectivity index (χ3v) is 3.70. The van der Waals surface area contributed by atoms with Gasteiger partial charge in [0.1, 0.15) is 11.6 Å². The first-order chi connectivity index (χ1) is 8.77. The lowest BCUT2D eigenvalue weighted by Crippen LogP contribution is -2.44. The second-order valence-electron chi connectivity index (χ2n) is 4.82. The topological polar surface area (TPSA) is 82.5 Å². The van der Waals surface area contributed by atoms with Crippen molar-refractivity contribution in [1.82, 2.24) is 9.71 Å². The van der Waals surface area contributed by atoms with E-state index in [4.69, 9.17) is 0 Å². The zero-order chi connectivity index (χ0) is 14.1. The third-order valence-electron chi connectivity index (χ3n) is 3.03. The fourth-order valence-corrected chi connectivity index (χ4v) is 2.55. The number of anilines is 1. The van der Waals surface area contributed by atoms with Gasteiger partial charge in [0.15, 0.2) is 0 Å². The average molecular weight is 289 g/mol. The van der Waals surface area contributed by atoms with Gasteiger partial charge in [0.25, 0.3) is 0 Å². The van der Waals surface area contributed by atoms with E-state index in [0.717, 1.165) is 12.5 Å². The van der Waals surface area contributed by atoms with E-state index in [9.17, 15) is 17.9 Å². The molecule has 19 heavy (non-hydrogen) atoms. The maximum absolute atomic E-state index is 12.8. The first-order valence-corrected chi connectivity index (χ1v) is 7.70. The van der Waals surface area contributed by atoms with Gasteiger partial charge in [-0.05, 0) is 18.6 Å². The van der Waals surface area contributed by atoms with Gasteiger partial charge >= 0.3 is 0 Å². The van der Waals surface area contributed by atoms with E-state index in [1.807, 2.05) is 0 Å². The Morgan fingerprint density at radius 3 is 2.89 bits per heavy atom. The minimum Gasteiger partial charge on any atom is -0.387 e. The molecule has 1 aromatic rings. The summed E-state index contributed by atoms with van der Waals surface area (Å²) in [5.74, 6) is 0.147. The Morgan fingerprint density at radius 1 is 1.58 bits per heavy atom. The number of halogens is 1. The highest BCUT2D eigenvalue weighted by atomic mass is 32.2. The summed E-state index contributed by atoms with van der Waals surface area (Å²) in [6.45, 7) is 0.762. The van der Waals surface area contributed by atoms with Crippen LogP contribution in [0.4, 0.5) is 10.2 Å². The predicted molar refractivity (Wildman–Crippen MR) is 68.8 cm³/mol. The van der Waals surface area contributed by atoms with Crippen LogP contribution in [-0.4, -0.2) is 50.0 Å². The maximum Gasteiger partial charge on any atom is 0.208 e. The summed E-state index contributed by atoms with van der Waals surface area (Å²) in [7, 11) is -3.33. The molecule has 0 aliphatic carbocycles. The summed E-state index contributed by atoms with van der Waals surface area (Å²) < 4.78 is 37.1. The smallest absolute Gasteiger partial charge is 0.208 e. The number of rotatable bonds is 4. The quantitative estimate of drug-likeness (QED) is 0.796. The molecule has 8 heteroatoms. The maximum atomic E-state index is 12.8. The monoisotopic (exact) mass is 289 g/mol. The minimum atomic E-state index is -3.33. The Bertz CT molecular complexity index is 549. The molecule has 1 saturated heterocycles. The summed E-state index contributed by atoms with van der Waals surface area (Å²) in [5, 5.41) is 10.3. The average Bonchev–Trinajstić information content (AvgIpc) is 2.71. The van der Waals surface area contributed by atoms with Crippen molar-refractivity contribution in [1.29, 1.82) is 0 Å². The van der Waals surface area contributed by atoms with E-state index in [2.05, 4.69) is 9.71 Å². The lowest BCUT2D eigenvalue weighted by atomic mass is 10.0. The van der Waals surface area contributed by atoms with Crippen molar-refractivity contribution in [3.63, 3.8) is 0 Å². The molecule has 2 heterocycles. The van der Waals surface area contributed by atoms with Crippen LogP contribution in [0.25, 0.3) is 0 Å². The fourth-order valence-electron chi connectivity index (χ4n) is 2.02. The van der Waals surface area contributed by atoms with Crippen LogP contribution < -0.4 is 9.62 Å². The van der Waals surface area contributed by atoms with Crippen molar-refractivity contribution in [2.24, 2.45) is 0 Å². The van der Waals surface area contributed by atoms with Gasteiger partial charge in [0.05, 0.1) is 18.1 Å². The number of nitrogens with zero attached hydrogens (tertiary/aromatic N) is 2. The molecular formula is C11H16FN3O3S. The van der Waals surface area contributed by atoms with E-state index >= 15 is 0 Å². The van der Waals surface area contributed by atoms with Crippen LogP contribution in [0.3, 0.4) is 0 Å². The van der Waals surface area contributed by atoms with Crippen LogP contribution in [0.1, 0.15) is 6.42 Å². The molecular weight excluding hydrogens is 273 g/mol. The molecule has 0 saturated carbocycles. The van der Waals surface area contributed by atoms with Gasteiger partial charge in [0.2, 0.25) is 10.0 Å². The largest absolute Gasteiger partial charge is 0.387 e. The molecule has 0 spiro atoms. The highest BCUT2D eigenvalue weighted by Crippen LogP contribution is 2.25. The molecule has 6 nitrogen and oxygen atoms in total. The highest BCUT2D eigenvalue weighted by molar-refractivity contribution is 7.88. The van der Waals surface area contributed by atoms with Gasteiger partial charge in [-0.25, -0.2) is 22.5 Å². The molecule has 2 N–H and O–H groups in total. The van der Waals surface area contributed by atoms with Gasteiger partial charge in [-0.3, -0.25) is 0 Å². The van der Waals surface area contributed by atoms with Crippen LogP contribution in [-0.2, 0) is 10.0 Å². The fraction of sp³-hybridized carbons (Fsp3) is 0.545. The van der Waals surface area contributed by atoms with Gasteiger partial charge in [-0.15, -0.1) is 0 Å². The van der Waals surface area contributed by atoms with E-state index in [-0.39, 0.29) is 13.1 Å². The Hall–Kier alpha value is -1.25. The second kappa shape index (κ2) is 5.03. The van der Waals surface area contributed by atoms with Crippen LogP contribution in [0, 0.1) is 5.82 Å². The number of aromatic nitrogens is 1. The van der Waals surface area contributed by atoms with Crippen molar-refractivity contribution in [3.05, 3.63) is 24.1 Å². The highest BCUT2D eigenvalue weighted by Gasteiger charge is 2.37. The third kappa shape index (κ3) is 3.85. The van der Waals surface area contributed by atoms with Gasteiger partial charge in [-0.2, -0.15) is 0 Å². The Kier molecular flexibility index (Phi) is 3.75. The lowest BCUT2D eigenvalue weighted by Gasteiger charge is -2.23. The molecule has 0 aromatic carbocycles. The van der Waals surface area contributed by atoms with Crippen molar-refractivity contribution < 1.29 is 17.9 Å². The number of sulfonamides is 1. The van der Waals surface area contributed by atoms with Crippen LogP contribution in [0.15, 0.2) is 18.3 Å². The molecule has 1 unspecified atom stereocenters. The zero-order valence-electron chi connectivity index (χ0n) is 10.5. The van der Waals surface area contributed by atoms with Gasteiger partial charge < -0.3 is 10.0 Å². The molecule has 0 bridgehead atoms. The normalized spacial score (nSPS) is 23.8. The summed E-state index contributed by atoms with van der Waals surface area (Å²) in [4.78, 5) is 5.73. The number of nitrogens with one attached hydrogen (secondary N) is 1. The van der Waals surface area contributed by atoms with Crippen LogP contribution in [0.5, 0.6) is 0 Å². The van der Waals surface area contributed by atoms with E-state index in [1.54, 1.807) is 4.90 Å². The van der Waals surface area contributed by atoms with Crippen LogP contribution in [0.2, 0.25) is 0 Å². The molecule has 1 aliphatic heterocycles. The number of hydrogen-bond acceptors (Lipinski definition) is 5. The zero-order valence-corrected chi connectivity index (χ0v) is 11.3. The van der Waals surface area contributed by atoms with Crippen LogP contribution >= 0.6 is 0 Å². The van der Waals surface area contributed by atoms with Crippen molar-refractivity contribution in [2.75, 3.05) is 30.8 Å². The number of β-amino-alcohol motifs (C(OH)–C–C–N with tert-alkyl or cyclic N) is 1. The first-order valence-electron chi connectivity index (χ1n) is 5.81. The summed E-state index contributed by atoms with van der Waals surface area (Å²) in [5.41, 5.74) is -1.13. The minimum absolute atomic E-state index is 0.0382. The Balaban J connectivity index is 2.00. The predicted octanol–water partition coefficient (Wildman–Crippen LogP) is -0.289. The molecule has 1 fully saturated rings. The van der Waals surface area contributed by atoms with Crippen molar-refractivity contribution >= 4 is 15.8 Å². The summed E-state index contributed by atoms with van der Waals surface area (Å²) in [6.07, 6.45) is 2.58. The summed E-state index contributed by atoms with van der Waals surface area (Å²) in [6, 6.07) is 2.83. The number of hydrogen-bond donors (Lipinski definition) is 2. The van der Waals surface area contributed by atoms with E-state index < -0.39 is 21.4 Å². The molecule has 1 aliphatic rings. The van der Waals surface area contributed by atoms with Crippen molar-refractivity contribution in [2.45, 2.75) is 12.0 Å². The standard InChI is InChI=1S/C11H16FN3O3S/c1-19(17,18)14-7-11(16)4-5-15(8-11)10-3-2-9(12)6-13-10/h2-3,6,14,16H,4-5,7-8H2,1H3. The molecule has 106 valence electrons. The number of aliphatic hydroxyl groups is 1. The lowest BCUT2D eigenvalue weighted by molar-refractivity contribution is 0.0686. The van der Waals surface area contributed by atoms with Crippen molar-refractivity contribution in [3.8, 4) is 0 Å². The Labute approximate surface area is 111 Å². The molecule has 1 atom stereocenters. The molecule has 2 rings (SSSR count). The van der Waals surface area contributed by atoms with Gasteiger partial charge in [-0.1, -0.05) is 0 Å². The second-order valence-corrected chi connectivity index (χ2v) is 6.66. The molecule has 0 amide bonds. The molecule has 1 aromatic heterocycles. The Morgan fingerprint density at radius 2 is 2.32 bits per heavy atom. The SMILES string of the molecule is CS(=O)(=O)NCC1(O)CCN(c2ccc(F)cn2)C1. The van der Waals surface area contributed by atoms with E-state index in [0.29, 0.717) is 18.8 Å². The number of pyridine rings is 1. The summed E-state index contributed by atoms with van der Waals surface area (Å²) >= 11 is 0. The first kappa shape index (κ1) is 14.2. The van der Waals surface area contributed by atoms with E-state index in [1.165, 1.54) is 12.1 Å². The van der Waals surface area contributed by atoms with Gasteiger partial charge in [0, 0.05) is 19.6 Å². The molecule has 0 radical (unpaired) electrons.